The fraction of sp³-hybridized carbons (Fsp3) is 0.348. The van der Waals surface area contributed by atoms with E-state index in [1.807, 2.05) is 49.4 Å². The van der Waals surface area contributed by atoms with E-state index >= 15 is 0 Å². The summed E-state index contributed by atoms with van der Waals surface area (Å²) in [5.41, 5.74) is 1.87. The maximum atomic E-state index is 13.4. The summed E-state index contributed by atoms with van der Waals surface area (Å²) in [4.78, 5) is 27.1. The molecule has 1 fully saturated rings. The van der Waals surface area contributed by atoms with E-state index in [9.17, 15) is 9.59 Å². The lowest BCUT2D eigenvalue weighted by Crippen LogP contribution is -2.40. The molecule has 156 valence electrons. The van der Waals surface area contributed by atoms with E-state index in [2.05, 4.69) is 5.10 Å². The number of nitrogens with zero attached hydrogens (tertiary/aromatic N) is 3. The average Bonchev–Trinajstić information content (AvgIpc) is 3.40. The zero-order valence-corrected chi connectivity index (χ0v) is 17.2. The first-order valence-corrected chi connectivity index (χ1v) is 10.2. The number of para-hydroxylation sites is 1. The number of furan rings is 1. The van der Waals surface area contributed by atoms with Crippen molar-refractivity contribution in [2.45, 2.75) is 26.7 Å². The van der Waals surface area contributed by atoms with Crippen molar-refractivity contribution in [2.75, 3.05) is 19.7 Å². The molecule has 1 saturated heterocycles. The van der Waals surface area contributed by atoms with Gasteiger partial charge in [0.2, 0.25) is 0 Å². The van der Waals surface area contributed by atoms with Crippen LogP contribution < -0.4 is 0 Å². The summed E-state index contributed by atoms with van der Waals surface area (Å²) in [6.45, 7) is 5.06. The average molecular weight is 407 g/mol. The fourth-order valence-electron chi connectivity index (χ4n) is 3.74. The summed E-state index contributed by atoms with van der Waals surface area (Å²) in [5, 5.41) is 4.65. The molecule has 0 saturated carbocycles. The number of likely N-dealkylation sites (tertiary alicyclic amines) is 1. The third-order valence-electron chi connectivity index (χ3n) is 5.34. The second-order valence-corrected chi connectivity index (χ2v) is 7.40. The SMILES string of the molecule is CCOC(=O)C1CCN(C(=O)c2cn(-c3ccccc3)nc2-c2ccc(C)o2)CC1. The molecule has 0 spiro atoms. The van der Waals surface area contributed by atoms with Gasteiger partial charge in [-0.1, -0.05) is 18.2 Å². The topological polar surface area (TPSA) is 77.6 Å². The molecule has 0 atom stereocenters. The van der Waals surface area contributed by atoms with Gasteiger partial charge in [-0.15, -0.1) is 0 Å². The van der Waals surface area contributed by atoms with E-state index in [4.69, 9.17) is 9.15 Å². The van der Waals surface area contributed by atoms with Crippen molar-refractivity contribution in [2.24, 2.45) is 5.92 Å². The molecule has 30 heavy (non-hydrogen) atoms. The van der Waals surface area contributed by atoms with E-state index < -0.39 is 0 Å². The molecule has 0 bridgehead atoms. The third-order valence-corrected chi connectivity index (χ3v) is 5.34. The second kappa shape index (κ2) is 8.57. The normalized spacial score (nSPS) is 14.7. The molecule has 3 aromatic rings. The number of rotatable bonds is 5. The molecule has 1 aliphatic heterocycles. The highest BCUT2D eigenvalue weighted by Gasteiger charge is 2.31. The van der Waals surface area contributed by atoms with Crippen molar-refractivity contribution < 1.29 is 18.7 Å². The summed E-state index contributed by atoms with van der Waals surface area (Å²) in [6.07, 6.45) is 2.96. The quantitative estimate of drug-likeness (QED) is 0.600. The molecule has 4 rings (SSSR count). The molecule has 0 aliphatic carbocycles. The molecule has 2 aromatic heterocycles. The standard InChI is InChI=1S/C23H25N3O4/c1-3-29-23(28)17-11-13-25(14-12-17)22(27)19-15-26(18-7-5-4-6-8-18)24-21(19)20-10-9-16(2)30-20/h4-10,15,17H,3,11-14H2,1-2H3. The Kier molecular flexibility index (Phi) is 5.70. The maximum absolute atomic E-state index is 13.4. The predicted octanol–water partition coefficient (Wildman–Crippen LogP) is 3.86. The number of benzene rings is 1. The highest BCUT2D eigenvalue weighted by molar-refractivity contribution is 5.99. The molecule has 0 N–H and O–H groups in total. The minimum Gasteiger partial charge on any atom is -0.466 e. The Labute approximate surface area is 175 Å². The predicted molar refractivity (Wildman–Crippen MR) is 111 cm³/mol. The number of amides is 1. The summed E-state index contributed by atoms with van der Waals surface area (Å²) < 4.78 is 12.6. The lowest BCUT2D eigenvalue weighted by molar-refractivity contribution is -0.149. The Hall–Kier alpha value is -3.35. The molecule has 7 heteroatoms. The Balaban J connectivity index is 1.60. The van der Waals surface area contributed by atoms with Gasteiger partial charge in [0, 0.05) is 19.3 Å². The number of carbonyl (C=O) groups is 2. The van der Waals surface area contributed by atoms with Gasteiger partial charge in [-0.2, -0.15) is 5.10 Å². The number of aromatic nitrogens is 2. The van der Waals surface area contributed by atoms with Gasteiger partial charge in [0.1, 0.15) is 11.5 Å². The highest BCUT2D eigenvalue weighted by Crippen LogP contribution is 2.28. The Bertz CT molecular complexity index is 1030. The van der Waals surface area contributed by atoms with Crippen molar-refractivity contribution in [1.82, 2.24) is 14.7 Å². The highest BCUT2D eigenvalue weighted by atomic mass is 16.5. The van der Waals surface area contributed by atoms with Crippen LogP contribution in [-0.4, -0.2) is 46.3 Å². The van der Waals surface area contributed by atoms with E-state index in [1.165, 1.54) is 0 Å². The van der Waals surface area contributed by atoms with Crippen molar-refractivity contribution in [3.8, 4) is 17.1 Å². The van der Waals surface area contributed by atoms with Gasteiger partial charge in [0.15, 0.2) is 5.76 Å². The van der Waals surface area contributed by atoms with Crippen molar-refractivity contribution in [3.05, 3.63) is 60.0 Å². The van der Waals surface area contributed by atoms with E-state index in [0.29, 0.717) is 49.6 Å². The van der Waals surface area contributed by atoms with Gasteiger partial charge in [-0.3, -0.25) is 9.59 Å². The second-order valence-electron chi connectivity index (χ2n) is 7.40. The van der Waals surface area contributed by atoms with Crippen LogP contribution in [0.4, 0.5) is 0 Å². The van der Waals surface area contributed by atoms with Crippen LogP contribution in [0.5, 0.6) is 0 Å². The van der Waals surface area contributed by atoms with Crippen LogP contribution >= 0.6 is 0 Å². The molecule has 1 aliphatic rings. The zero-order chi connectivity index (χ0) is 21.1. The smallest absolute Gasteiger partial charge is 0.309 e. The molecular weight excluding hydrogens is 382 g/mol. The monoisotopic (exact) mass is 407 g/mol. The summed E-state index contributed by atoms with van der Waals surface area (Å²) in [5.74, 6) is 0.893. The van der Waals surface area contributed by atoms with Crippen LogP contribution in [0.15, 0.2) is 53.1 Å². The van der Waals surface area contributed by atoms with Gasteiger partial charge in [0.25, 0.3) is 5.91 Å². The number of hydrogen-bond donors (Lipinski definition) is 0. The van der Waals surface area contributed by atoms with Gasteiger partial charge in [0.05, 0.1) is 23.8 Å². The largest absolute Gasteiger partial charge is 0.466 e. The Morgan fingerprint density at radius 3 is 2.50 bits per heavy atom. The summed E-state index contributed by atoms with van der Waals surface area (Å²) >= 11 is 0. The minimum absolute atomic E-state index is 0.108. The van der Waals surface area contributed by atoms with Crippen molar-refractivity contribution in [1.29, 1.82) is 0 Å². The van der Waals surface area contributed by atoms with Crippen LogP contribution in [0.2, 0.25) is 0 Å². The first kappa shape index (κ1) is 19.9. The van der Waals surface area contributed by atoms with Crippen molar-refractivity contribution >= 4 is 11.9 Å². The zero-order valence-electron chi connectivity index (χ0n) is 17.2. The van der Waals surface area contributed by atoms with Gasteiger partial charge in [-0.25, -0.2) is 4.68 Å². The van der Waals surface area contributed by atoms with E-state index in [-0.39, 0.29) is 17.8 Å². The molecular formula is C23H25N3O4. The fourth-order valence-corrected chi connectivity index (χ4v) is 3.74. The number of ether oxygens (including phenoxy) is 1. The lowest BCUT2D eigenvalue weighted by Gasteiger charge is -2.30. The maximum Gasteiger partial charge on any atom is 0.309 e. The van der Waals surface area contributed by atoms with Gasteiger partial charge < -0.3 is 14.1 Å². The molecule has 7 nitrogen and oxygen atoms in total. The van der Waals surface area contributed by atoms with E-state index in [1.54, 1.807) is 22.7 Å². The molecule has 1 amide bonds. The van der Waals surface area contributed by atoms with Gasteiger partial charge >= 0.3 is 5.97 Å². The Morgan fingerprint density at radius 2 is 1.87 bits per heavy atom. The third kappa shape index (κ3) is 4.01. The van der Waals surface area contributed by atoms with Crippen LogP contribution in [0.25, 0.3) is 17.1 Å². The van der Waals surface area contributed by atoms with Crippen LogP contribution in [0.3, 0.4) is 0 Å². The number of carbonyl (C=O) groups excluding carboxylic acids is 2. The first-order chi connectivity index (χ1) is 14.6. The summed E-state index contributed by atoms with van der Waals surface area (Å²) in [7, 11) is 0. The van der Waals surface area contributed by atoms with Crippen LogP contribution in [0, 0.1) is 12.8 Å². The Morgan fingerprint density at radius 1 is 1.13 bits per heavy atom. The number of piperidine rings is 1. The van der Waals surface area contributed by atoms with Crippen molar-refractivity contribution in [3.63, 3.8) is 0 Å². The lowest BCUT2D eigenvalue weighted by atomic mass is 9.96. The van der Waals surface area contributed by atoms with Gasteiger partial charge in [-0.05, 0) is 51.0 Å². The molecule has 3 heterocycles. The number of hydrogen-bond acceptors (Lipinski definition) is 5. The minimum atomic E-state index is -0.173. The van der Waals surface area contributed by atoms with Crippen LogP contribution in [0.1, 0.15) is 35.9 Å². The first-order valence-electron chi connectivity index (χ1n) is 10.2. The van der Waals surface area contributed by atoms with E-state index in [0.717, 1.165) is 11.4 Å². The molecule has 1 aromatic carbocycles. The number of aryl methyl sites for hydroxylation is 1. The number of esters is 1. The van der Waals surface area contributed by atoms with Crippen LogP contribution in [-0.2, 0) is 9.53 Å². The summed E-state index contributed by atoms with van der Waals surface area (Å²) in [6, 6.07) is 13.3. The molecule has 0 radical (unpaired) electrons. The molecule has 0 unspecified atom stereocenters.